The molecule has 0 spiro atoms. The summed E-state index contributed by atoms with van der Waals surface area (Å²) in [4.78, 5) is 12.0. The van der Waals surface area contributed by atoms with Gasteiger partial charge in [0.05, 0.1) is 16.1 Å². The third-order valence-corrected chi connectivity index (χ3v) is 5.36. The predicted molar refractivity (Wildman–Crippen MR) is 98.4 cm³/mol. The molecule has 2 aromatic carbocycles. The Kier molecular flexibility index (Phi) is 6.22. The third kappa shape index (κ3) is 4.61. The standard InChI is InChI=1S/C18H18ClNO4S/c1-3-20(16-9-5-4-6-10-16)25(22,23)17-11-7-8-15(12-17)18(21)24-13-14(2)19/h4-12H,2-3,13H2,1H3. The molecular formula is C18H18ClNO4S. The van der Waals surface area contributed by atoms with E-state index in [1.54, 1.807) is 31.2 Å². The maximum absolute atomic E-state index is 12.9. The summed E-state index contributed by atoms with van der Waals surface area (Å²) in [6, 6.07) is 14.5. The highest BCUT2D eigenvalue weighted by Gasteiger charge is 2.24. The van der Waals surface area contributed by atoms with E-state index in [-0.39, 0.29) is 28.6 Å². The molecule has 0 unspecified atom stereocenters. The number of esters is 1. The first-order chi connectivity index (χ1) is 11.9. The van der Waals surface area contributed by atoms with Crippen molar-refractivity contribution >= 4 is 33.3 Å². The lowest BCUT2D eigenvalue weighted by molar-refractivity contribution is 0.0546. The number of ether oxygens (including phenoxy) is 1. The number of nitrogens with zero attached hydrogens (tertiary/aromatic N) is 1. The number of carbonyl (C=O) groups is 1. The van der Waals surface area contributed by atoms with Crippen LogP contribution in [0.3, 0.4) is 0 Å². The van der Waals surface area contributed by atoms with Gasteiger partial charge in [-0.2, -0.15) is 0 Å². The summed E-state index contributed by atoms with van der Waals surface area (Å²) < 4.78 is 32.1. The van der Waals surface area contributed by atoms with Crippen molar-refractivity contribution in [3.63, 3.8) is 0 Å². The van der Waals surface area contributed by atoms with Gasteiger partial charge in [0.2, 0.25) is 0 Å². The Bertz CT molecular complexity index is 866. The molecule has 2 rings (SSSR count). The number of anilines is 1. The van der Waals surface area contributed by atoms with Crippen molar-refractivity contribution in [1.82, 2.24) is 0 Å². The maximum Gasteiger partial charge on any atom is 0.338 e. The number of hydrogen-bond acceptors (Lipinski definition) is 4. The van der Waals surface area contributed by atoms with Crippen molar-refractivity contribution in [3.05, 3.63) is 71.8 Å². The summed E-state index contributed by atoms with van der Waals surface area (Å²) in [6.45, 7) is 5.30. The van der Waals surface area contributed by atoms with Crippen LogP contribution in [0.4, 0.5) is 5.69 Å². The number of benzene rings is 2. The molecule has 0 bridgehead atoms. The molecule has 0 radical (unpaired) electrons. The minimum Gasteiger partial charge on any atom is -0.456 e. The lowest BCUT2D eigenvalue weighted by atomic mass is 10.2. The van der Waals surface area contributed by atoms with E-state index in [0.29, 0.717) is 5.69 Å². The number of halogens is 1. The first-order valence-electron chi connectivity index (χ1n) is 7.54. The van der Waals surface area contributed by atoms with Gasteiger partial charge in [0, 0.05) is 11.6 Å². The quantitative estimate of drug-likeness (QED) is 0.686. The van der Waals surface area contributed by atoms with Gasteiger partial charge in [-0.05, 0) is 37.3 Å². The van der Waals surface area contributed by atoms with E-state index in [2.05, 4.69) is 6.58 Å². The van der Waals surface area contributed by atoms with Crippen molar-refractivity contribution in [1.29, 1.82) is 0 Å². The SMILES string of the molecule is C=C(Cl)COC(=O)c1cccc(S(=O)(=O)N(CC)c2ccccc2)c1. The Hall–Kier alpha value is -2.31. The van der Waals surface area contributed by atoms with Gasteiger partial charge in [0.15, 0.2) is 0 Å². The molecular weight excluding hydrogens is 362 g/mol. The van der Waals surface area contributed by atoms with Crippen LogP contribution in [-0.2, 0) is 14.8 Å². The van der Waals surface area contributed by atoms with Crippen LogP contribution in [0.5, 0.6) is 0 Å². The van der Waals surface area contributed by atoms with Crippen LogP contribution >= 0.6 is 11.6 Å². The average molecular weight is 380 g/mol. The highest BCUT2D eigenvalue weighted by atomic mass is 35.5. The van der Waals surface area contributed by atoms with Crippen molar-refractivity contribution in [2.75, 3.05) is 17.5 Å². The van der Waals surface area contributed by atoms with Crippen LogP contribution in [0.25, 0.3) is 0 Å². The molecule has 0 aliphatic heterocycles. The summed E-state index contributed by atoms with van der Waals surface area (Å²) in [6.07, 6.45) is 0. The highest BCUT2D eigenvalue weighted by molar-refractivity contribution is 7.92. The zero-order chi connectivity index (χ0) is 18.4. The molecule has 0 saturated heterocycles. The van der Waals surface area contributed by atoms with Gasteiger partial charge < -0.3 is 4.74 Å². The van der Waals surface area contributed by atoms with Crippen LogP contribution in [0.1, 0.15) is 17.3 Å². The van der Waals surface area contributed by atoms with Crippen LogP contribution in [0, 0.1) is 0 Å². The van der Waals surface area contributed by atoms with E-state index in [9.17, 15) is 13.2 Å². The number of para-hydroxylation sites is 1. The average Bonchev–Trinajstić information content (AvgIpc) is 2.61. The second-order valence-electron chi connectivity index (χ2n) is 5.13. The maximum atomic E-state index is 12.9. The van der Waals surface area contributed by atoms with Gasteiger partial charge in [0.25, 0.3) is 10.0 Å². The fraction of sp³-hybridized carbons (Fsp3) is 0.167. The zero-order valence-electron chi connectivity index (χ0n) is 13.7. The van der Waals surface area contributed by atoms with Gasteiger partial charge in [-0.3, -0.25) is 4.31 Å². The van der Waals surface area contributed by atoms with E-state index >= 15 is 0 Å². The Morgan fingerprint density at radius 1 is 1.16 bits per heavy atom. The third-order valence-electron chi connectivity index (χ3n) is 3.35. The van der Waals surface area contributed by atoms with E-state index < -0.39 is 16.0 Å². The minimum atomic E-state index is -3.81. The molecule has 0 heterocycles. The molecule has 7 heteroatoms. The zero-order valence-corrected chi connectivity index (χ0v) is 15.3. The van der Waals surface area contributed by atoms with Gasteiger partial charge in [-0.25, -0.2) is 13.2 Å². The Morgan fingerprint density at radius 2 is 1.84 bits per heavy atom. The minimum absolute atomic E-state index is 0.0114. The molecule has 0 N–H and O–H groups in total. The Labute approximate surface area is 152 Å². The number of hydrogen-bond donors (Lipinski definition) is 0. The fourth-order valence-electron chi connectivity index (χ4n) is 2.22. The smallest absolute Gasteiger partial charge is 0.338 e. The monoisotopic (exact) mass is 379 g/mol. The molecule has 0 aromatic heterocycles. The molecule has 132 valence electrons. The molecule has 5 nitrogen and oxygen atoms in total. The Morgan fingerprint density at radius 3 is 2.44 bits per heavy atom. The number of rotatable bonds is 7. The van der Waals surface area contributed by atoms with E-state index in [1.165, 1.54) is 28.6 Å². The molecule has 0 aliphatic carbocycles. The first-order valence-corrected chi connectivity index (χ1v) is 9.36. The molecule has 2 aromatic rings. The number of carbonyl (C=O) groups excluding carboxylic acids is 1. The summed E-state index contributed by atoms with van der Waals surface area (Å²) in [5, 5.41) is 0.179. The van der Waals surface area contributed by atoms with Gasteiger partial charge in [-0.15, -0.1) is 0 Å². The molecule has 0 saturated carbocycles. The van der Waals surface area contributed by atoms with Crippen molar-refractivity contribution in [2.45, 2.75) is 11.8 Å². The first kappa shape index (κ1) is 19.0. The molecule has 0 aliphatic rings. The Balaban J connectivity index is 2.35. The van der Waals surface area contributed by atoms with Crippen molar-refractivity contribution in [2.24, 2.45) is 0 Å². The second kappa shape index (κ2) is 8.18. The van der Waals surface area contributed by atoms with Crippen LogP contribution in [0.2, 0.25) is 0 Å². The number of sulfonamides is 1. The summed E-state index contributed by atoms with van der Waals surface area (Å²) in [7, 11) is -3.81. The topological polar surface area (TPSA) is 63.7 Å². The lowest BCUT2D eigenvalue weighted by Crippen LogP contribution is -2.30. The summed E-state index contributed by atoms with van der Waals surface area (Å²) in [5.74, 6) is -0.665. The molecule has 0 fully saturated rings. The second-order valence-corrected chi connectivity index (χ2v) is 7.52. The molecule has 0 atom stereocenters. The fourth-order valence-corrected chi connectivity index (χ4v) is 3.80. The summed E-state index contributed by atoms with van der Waals surface area (Å²) in [5.41, 5.74) is 0.680. The van der Waals surface area contributed by atoms with Gasteiger partial charge in [-0.1, -0.05) is 42.4 Å². The van der Waals surface area contributed by atoms with Crippen molar-refractivity contribution in [3.8, 4) is 0 Å². The molecule has 0 amide bonds. The van der Waals surface area contributed by atoms with Crippen LogP contribution in [-0.4, -0.2) is 27.5 Å². The highest BCUT2D eigenvalue weighted by Crippen LogP contribution is 2.24. The van der Waals surface area contributed by atoms with Gasteiger partial charge in [0.1, 0.15) is 6.61 Å². The van der Waals surface area contributed by atoms with Crippen LogP contribution in [0.15, 0.2) is 71.1 Å². The normalized spacial score (nSPS) is 11.0. The largest absolute Gasteiger partial charge is 0.456 e. The predicted octanol–water partition coefficient (Wildman–Crippen LogP) is 3.81. The van der Waals surface area contributed by atoms with Crippen molar-refractivity contribution < 1.29 is 17.9 Å². The molecule has 25 heavy (non-hydrogen) atoms. The van der Waals surface area contributed by atoms with E-state index in [1.807, 2.05) is 6.07 Å². The van der Waals surface area contributed by atoms with E-state index in [4.69, 9.17) is 16.3 Å². The van der Waals surface area contributed by atoms with Gasteiger partial charge >= 0.3 is 5.97 Å². The van der Waals surface area contributed by atoms with Crippen LogP contribution < -0.4 is 4.31 Å². The summed E-state index contributed by atoms with van der Waals surface area (Å²) >= 11 is 5.57. The lowest BCUT2D eigenvalue weighted by Gasteiger charge is -2.23. The van der Waals surface area contributed by atoms with E-state index in [0.717, 1.165) is 0 Å².